The largest absolute Gasteiger partial charge is 0.504 e. The Labute approximate surface area is 171 Å². The van der Waals surface area contributed by atoms with Crippen molar-refractivity contribution in [2.75, 3.05) is 12.0 Å². The number of nitro groups is 1. The number of amides is 4. The van der Waals surface area contributed by atoms with Crippen molar-refractivity contribution in [3.05, 3.63) is 62.1 Å². The van der Waals surface area contributed by atoms with Crippen molar-refractivity contribution < 1.29 is 29.2 Å². The fraction of sp³-hybridized carbons (Fsp3) is 0.0556. The Morgan fingerprint density at radius 2 is 1.86 bits per heavy atom. The minimum atomic E-state index is -1.00. The zero-order chi connectivity index (χ0) is 21.3. The van der Waals surface area contributed by atoms with Crippen LogP contribution in [0.2, 0.25) is 0 Å². The number of methoxy groups -OCH3 is 1. The van der Waals surface area contributed by atoms with Crippen LogP contribution in [0.15, 0.2) is 46.4 Å². The number of carbonyl (C=O) groups excluding carboxylic acids is 3. The summed E-state index contributed by atoms with van der Waals surface area (Å²) in [4.78, 5) is 48.4. The van der Waals surface area contributed by atoms with Crippen molar-refractivity contribution in [3.63, 3.8) is 0 Å². The van der Waals surface area contributed by atoms with Crippen molar-refractivity contribution in [1.29, 1.82) is 0 Å². The first kappa shape index (κ1) is 20.0. The average Bonchev–Trinajstić information content (AvgIpc) is 2.67. The van der Waals surface area contributed by atoms with Crippen LogP contribution >= 0.6 is 15.9 Å². The highest BCUT2D eigenvalue weighted by Crippen LogP contribution is 2.36. The topological polar surface area (TPSA) is 139 Å². The molecule has 3 rings (SSSR count). The van der Waals surface area contributed by atoms with Gasteiger partial charge in [0.1, 0.15) is 5.57 Å². The summed E-state index contributed by atoms with van der Waals surface area (Å²) in [7, 11) is 1.20. The molecule has 1 fully saturated rings. The van der Waals surface area contributed by atoms with Gasteiger partial charge in [-0.05, 0) is 30.3 Å². The number of phenolic OH excluding ortho intramolecular Hbond substituents is 1. The monoisotopic (exact) mass is 461 g/mol. The van der Waals surface area contributed by atoms with E-state index in [0.29, 0.717) is 4.47 Å². The first-order chi connectivity index (χ1) is 13.7. The van der Waals surface area contributed by atoms with Gasteiger partial charge in [-0.3, -0.25) is 25.0 Å². The number of nitrogens with one attached hydrogen (secondary N) is 1. The third kappa shape index (κ3) is 3.80. The Morgan fingerprint density at radius 1 is 1.21 bits per heavy atom. The minimum absolute atomic E-state index is 0.195. The fourth-order valence-corrected chi connectivity index (χ4v) is 2.89. The third-order valence-electron chi connectivity index (χ3n) is 4.01. The Morgan fingerprint density at radius 3 is 2.45 bits per heavy atom. The SMILES string of the molecule is COc1cc([N+](=O)[O-])cc(/C=C2/C(=O)NC(=O)N(c3ccc(Br)cc3)C2=O)c1O. The van der Waals surface area contributed by atoms with Crippen LogP contribution in [-0.2, 0) is 9.59 Å². The molecule has 2 N–H and O–H groups in total. The van der Waals surface area contributed by atoms with Gasteiger partial charge in [0.05, 0.1) is 23.8 Å². The molecule has 4 amide bonds. The van der Waals surface area contributed by atoms with Gasteiger partial charge in [0.2, 0.25) is 0 Å². The van der Waals surface area contributed by atoms with Crippen LogP contribution in [0.25, 0.3) is 6.08 Å². The van der Waals surface area contributed by atoms with Crippen LogP contribution in [0.5, 0.6) is 11.5 Å². The van der Waals surface area contributed by atoms with E-state index in [2.05, 4.69) is 15.9 Å². The van der Waals surface area contributed by atoms with E-state index in [9.17, 15) is 29.6 Å². The number of imide groups is 2. The summed E-state index contributed by atoms with van der Waals surface area (Å²) >= 11 is 3.24. The summed E-state index contributed by atoms with van der Waals surface area (Å²) in [6, 6.07) is 7.22. The number of nitrogens with zero attached hydrogens (tertiary/aromatic N) is 2. The number of benzene rings is 2. The summed E-state index contributed by atoms with van der Waals surface area (Å²) in [6.45, 7) is 0. The molecule has 0 aliphatic carbocycles. The van der Waals surface area contributed by atoms with Crippen molar-refractivity contribution >= 4 is 51.2 Å². The molecule has 10 nitrogen and oxygen atoms in total. The van der Waals surface area contributed by atoms with Gasteiger partial charge in [0.15, 0.2) is 11.5 Å². The number of non-ortho nitro benzene ring substituents is 1. The Kier molecular flexibility index (Phi) is 5.33. The molecule has 0 spiro atoms. The van der Waals surface area contributed by atoms with Gasteiger partial charge in [0.25, 0.3) is 17.5 Å². The highest BCUT2D eigenvalue weighted by atomic mass is 79.9. The smallest absolute Gasteiger partial charge is 0.335 e. The van der Waals surface area contributed by atoms with E-state index in [4.69, 9.17) is 4.74 Å². The standard InChI is InChI=1S/C18H12BrN3O7/c1-29-14-8-12(22(27)28)6-9(15(14)23)7-13-16(24)20-18(26)21(17(13)25)11-4-2-10(19)3-5-11/h2-8,23H,1H3,(H,20,24,26)/b13-7-. The van der Waals surface area contributed by atoms with Gasteiger partial charge in [-0.15, -0.1) is 0 Å². The maximum Gasteiger partial charge on any atom is 0.335 e. The summed E-state index contributed by atoms with van der Waals surface area (Å²) in [6.07, 6.45) is 0.959. The number of barbiturate groups is 1. The number of halogens is 1. The molecule has 0 atom stereocenters. The van der Waals surface area contributed by atoms with Crippen LogP contribution in [0.1, 0.15) is 5.56 Å². The molecule has 2 aromatic rings. The van der Waals surface area contributed by atoms with Crippen LogP contribution in [0.4, 0.5) is 16.2 Å². The van der Waals surface area contributed by atoms with E-state index in [1.165, 1.54) is 19.2 Å². The molecular formula is C18H12BrN3O7. The van der Waals surface area contributed by atoms with E-state index >= 15 is 0 Å². The summed E-state index contributed by atoms with van der Waals surface area (Å²) in [5.74, 6) is -2.67. The number of aromatic hydroxyl groups is 1. The van der Waals surface area contributed by atoms with Gasteiger partial charge in [-0.25, -0.2) is 9.69 Å². The average molecular weight is 462 g/mol. The van der Waals surface area contributed by atoms with Gasteiger partial charge in [-0.1, -0.05) is 15.9 Å². The predicted molar refractivity (Wildman–Crippen MR) is 104 cm³/mol. The van der Waals surface area contributed by atoms with E-state index in [1.54, 1.807) is 12.1 Å². The number of hydrogen-bond donors (Lipinski definition) is 2. The molecule has 0 aromatic heterocycles. The predicted octanol–water partition coefficient (Wildman–Crippen LogP) is 2.74. The molecule has 1 saturated heterocycles. The van der Waals surface area contributed by atoms with Crippen molar-refractivity contribution in [3.8, 4) is 11.5 Å². The normalized spacial score (nSPS) is 15.4. The number of ether oxygens (including phenoxy) is 1. The number of carbonyl (C=O) groups is 3. The molecule has 0 saturated carbocycles. The lowest BCUT2D eigenvalue weighted by molar-refractivity contribution is -0.385. The number of hydrogen-bond acceptors (Lipinski definition) is 7. The number of phenols is 1. The number of rotatable bonds is 4. The maximum atomic E-state index is 12.8. The van der Waals surface area contributed by atoms with Gasteiger partial charge >= 0.3 is 6.03 Å². The van der Waals surface area contributed by atoms with E-state index in [1.807, 2.05) is 5.32 Å². The zero-order valence-electron chi connectivity index (χ0n) is 14.7. The quantitative estimate of drug-likeness (QED) is 0.308. The number of anilines is 1. The maximum absolute atomic E-state index is 12.8. The van der Waals surface area contributed by atoms with Gasteiger partial charge < -0.3 is 9.84 Å². The molecule has 29 heavy (non-hydrogen) atoms. The molecule has 148 valence electrons. The third-order valence-corrected chi connectivity index (χ3v) is 4.53. The van der Waals surface area contributed by atoms with Crippen LogP contribution in [0.3, 0.4) is 0 Å². The molecular weight excluding hydrogens is 450 g/mol. The van der Waals surface area contributed by atoms with Crippen LogP contribution in [-0.4, -0.2) is 35.0 Å². The van der Waals surface area contributed by atoms with E-state index in [0.717, 1.165) is 23.1 Å². The molecule has 1 heterocycles. The highest BCUT2D eigenvalue weighted by Gasteiger charge is 2.37. The van der Waals surface area contributed by atoms with Crippen molar-refractivity contribution in [2.24, 2.45) is 0 Å². The van der Waals surface area contributed by atoms with Crippen molar-refractivity contribution in [1.82, 2.24) is 5.32 Å². The molecule has 0 unspecified atom stereocenters. The van der Waals surface area contributed by atoms with Gasteiger partial charge in [0, 0.05) is 16.1 Å². The van der Waals surface area contributed by atoms with Crippen LogP contribution < -0.4 is 15.0 Å². The van der Waals surface area contributed by atoms with Crippen LogP contribution in [0, 0.1) is 10.1 Å². The first-order valence-corrected chi connectivity index (χ1v) is 8.74. The second kappa shape index (κ2) is 7.72. The number of urea groups is 1. The minimum Gasteiger partial charge on any atom is -0.504 e. The molecule has 1 aliphatic heterocycles. The molecule has 2 aromatic carbocycles. The van der Waals surface area contributed by atoms with Crippen molar-refractivity contribution in [2.45, 2.75) is 0 Å². The lowest BCUT2D eigenvalue weighted by Gasteiger charge is -2.26. The summed E-state index contributed by atoms with van der Waals surface area (Å²) in [5.41, 5.74) is -0.907. The van der Waals surface area contributed by atoms with E-state index < -0.39 is 39.8 Å². The lowest BCUT2D eigenvalue weighted by Crippen LogP contribution is -2.54. The lowest BCUT2D eigenvalue weighted by atomic mass is 10.0. The molecule has 0 bridgehead atoms. The van der Waals surface area contributed by atoms with E-state index in [-0.39, 0.29) is 17.0 Å². The second-order valence-electron chi connectivity index (χ2n) is 5.78. The summed E-state index contributed by atoms with van der Waals surface area (Å²) < 4.78 is 5.61. The second-order valence-corrected chi connectivity index (χ2v) is 6.69. The number of nitro benzene ring substituents is 1. The van der Waals surface area contributed by atoms with Gasteiger partial charge in [-0.2, -0.15) is 0 Å². The zero-order valence-corrected chi connectivity index (χ0v) is 16.3. The Balaban J connectivity index is 2.11. The fourth-order valence-electron chi connectivity index (χ4n) is 2.62. The Hall–Kier alpha value is -3.73. The highest BCUT2D eigenvalue weighted by molar-refractivity contribution is 9.10. The molecule has 11 heteroatoms. The summed E-state index contributed by atoms with van der Waals surface area (Å²) in [5, 5.41) is 23.4. The Bertz CT molecular complexity index is 1080. The molecule has 1 aliphatic rings. The molecule has 0 radical (unpaired) electrons. The first-order valence-electron chi connectivity index (χ1n) is 7.95.